The summed E-state index contributed by atoms with van der Waals surface area (Å²) in [6, 6.07) is 2.36. The smallest absolute Gasteiger partial charge is 0.320 e. The fraction of sp³-hybridized carbons (Fsp3) is 0.500. The Morgan fingerprint density at radius 1 is 1.05 bits per heavy atom. The van der Waals surface area contributed by atoms with Crippen molar-refractivity contribution in [3.05, 3.63) is 22.1 Å². The van der Waals surface area contributed by atoms with Gasteiger partial charge in [0.15, 0.2) is 0 Å². The van der Waals surface area contributed by atoms with Crippen LogP contribution in [-0.4, -0.2) is 21.2 Å². The minimum Gasteiger partial charge on any atom is -0.471 e. The zero-order chi connectivity index (χ0) is 16.5. The Morgan fingerprint density at radius 3 is 2.18 bits per heavy atom. The van der Waals surface area contributed by atoms with E-state index in [4.69, 9.17) is 9.47 Å². The lowest BCUT2D eigenvalue weighted by atomic mass is 10.2. The molecule has 0 unspecified atom stereocenters. The number of halogens is 1. The summed E-state index contributed by atoms with van der Waals surface area (Å²) in [5, 5.41) is 2.02. The minimum atomic E-state index is -0.355. The van der Waals surface area contributed by atoms with Crippen molar-refractivity contribution in [1.29, 1.82) is 0 Å². The first-order valence-electron chi connectivity index (χ1n) is 7.03. The van der Waals surface area contributed by atoms with Crippen LogP contribution in [0.3, 0.4) is 0 Å². The van der Waals surface area contributed by atoms with E-state index in [1.165, 1.54) is 0 Å². The summed E-state index contributed by atoms with van der Waals surface area (Å²) in [4.78, 5) is 9.83. The van der Waals surface area contributed by atoms with Crippen LogP contribution in [0.25, 0.3) is 10.4 Å². The van der Waals surface area contributed by atoms with E-state index in [9.17, 15) is 0 Å². The highest BCUT2D eigenvalue weighted by atomic mass is 79.9. The topological polar surface area (TPSA) is 44.2 Å². The molecule has 0 aliphatic rings. The molecular formula is C16H21BrN2O2S. The molecule has 0 aliphatic carbocycles. The highest BCUT2D eigenvalue weighted by molar-refractivity contribution is 9.10. The maximum atomic E-state index is 6.01. The molecule has 0 spiro atoms. The third kappa shape index (κ3) is 4.95. The molecule has 4 nitrogen and oxygen atoms in total. The normalized spacial score (nSPS) is 12.3. The fourth-order valence-corrected chi connectivity index (χ4v) is 3.10. The monoisotopic (exact) mass is 384 g/mol. The van der Waals surface area contributed by atoms with Gasteiger partial charge in [0.05, 0.1) is 5.56 Å². The largest absolute Gasteiger partial charge is 0.471 e. The third-order valence-electron chi connectivity index (χ3n) is 2.36. The Kier molecular flexibility index (Phi) is 4.82. The van der Waals surface area contributed by atoms with Gasteiger partial charge in [-0.2, -0.15) is 4.98 Å². The molecule has 120 valence electrons. The van der Waals surface area contributed by atoms with Gasteiger partial charge in [-0.05, 0) is 63.5 Å². The van der Waals surface area contributed by atoms with Crippen molar-refractivity contribution < 1.29 is 9.47 Å². The van der Waals surface area contributed by atoms with Crippen molar-refractivity contribution in [3.8, 4) is 22.3 Å². The Labute approximate surface area is 144 Å². The van der Waals surface area contributed by atoms with E-state index in [0.717, 1.165) is 14.9 Å². The fourth-order valence-electron chi connectivity index (χ4n) is 1.67. The van der Waals surface area contributed by atoms with Gasteiger partial charge in [-0.3, -0.25) is 0 Å². The van der Waals surface area contributed by atoms with Crippen LogP contribution >= 0.6 is 27.3 Å². The Bertz CT molecular complexity index is 657. The van der Waals surface area contributed by atoms with Crippen LogP contribution in [0.5, 0.6) is 11.9 Å². The predicted octanol–water partition coefficient (Wildman–Crippen LogP) is 5.32. The number of nitrogens with zero attached hydrogens (tertiary/aromatic N) is 2. The predicted molar refractivity (Wildman–Crippen MR) is 93.8 cm³/mol. The number of thiophene rings is 1. The molecule has 2 aromatic rings. The van der Waals surface area contributed by atoms with Gasteiger partial charge in [0.1, 0.15) is 11.2 Å². The Hall–Kier alpha value is -1.14. The van der Waals surface area contributed by atoms with E-state index >= 15 is 0 Å². The molecule has 2 heterocycles. The molecule has 0 bridgehead atoms. The molecule has 0 radical (unpaired) electrons. The van der Waals surface area contributed by atoms with Gasteiger partial charge in [-0.25, -0.2) is 4.98 Å². The molecular weight excluding hydrogens is 364 g/mol. The first-order valence-corrected chi connectivity index (χ1v) is 8.70. The van der Waals surface area contributed by atoms with Gasteiger partial charge in [0.25, 0.3) is 0 Å². The van der Waals surface area contributed by atoms with Crippen molar-refractivity contribution in [3.63, 3.8) is 0 Å². The van der Waals surface area contributed by atoms with E-state index in [1.54, 1.807) is 17.5 Å². The zero-order valence-corrected chi connectivity index (χ0v) is 16.1. The summed E-state index contributed by atoms with van der Waals surface area (Å²) in [6.45, 7) is 11.9. The molecule has 0 amide bonds. The number of aromatic nitrogens is 2. The lowest BCUT2D eigenvalue weighted by Crippen LogP contribution is -2.26. The molecule has 0 atom stereocenters. The summed E-state index contributed by atoms with van der Waals surface area (Å²) < 4.78 is 12.8. The standard InChI is InChI=1S/C16H21BrN2O2S/c1-15(2,3)20-13-11(12-7-10(17)9-22-12)8-18-14(19-13)21-16(4,5)6/h7-9H,1-6H3. The van der Waals surface area contributed by atoms with Gasteiger partial charge < -0.3 is 9.47 Å². The minimum absolute atomic E-state index is 0.325. The lowest BCUT2D eigenvalue weighted by Gasteiger charge is -2.23. The van der Waals surface area contributed by atoms with Crippen LogP contribution in [0.2, 0.25) is 0 Å². The second-order valence-corrected chi connectivity index (χ2v) is 8.76. The average molecular weight is 385 g/mol. The van der Waals surface area contributed by atoms with Crippen molar-refractivity contribution in [2.45, 2.75) is 52.7 Å². The summed E-state index contributed by atoms with van der Waals surface area (Å²) in [6.07, 6.45) is 1.76. The maximum absolute atomic E-state index is 6.01. The van der Waals surface area contributed by atoms with Gasteiger partial charge in [-0.1, -0.05) is 0 Å². The van der Waals surface area contributed by atoms with E-state index in [1.807, 2.05) is 53.0 Å². The SMILES string of the molecule is CC(C)(C)Oc1ncc(-c2cc(Br)cs2)c(OC(C)(C)C)n1. The van der Waals surface area contributed by atoms with Crippen LogP contribution in [0.15, 0.2) is 22.1 Å². The van der Waals surface area contributed by atoms with E-state index in [0.29, 0.717) is 11.9 Å². The first-order chi connectivity index (χ1) is 10.0. The molecule has 6 heteroatoms. The average Bonchev–Trinajstić information content (AvgIpc) is 2.71. The maximum Gasteiger partial charge on any atom is 0.320 e. The van der Waals surface area contributed by atoms with Crippen LogP contribution in [-0.2, 0) is 0 Å². The number of hydrogen-bond donors (Lipinski definition) is 0. The van der Waals surface area contributed by atoms with Crippen LogP contribution in [0, 0.1) is 0 Å². The first kappa shape index (κ1) is 17.2. The van der Waals surface area contributed by atoms with E-state index in [2.05, 4.69) is 25.9 Å². The second kappa shape index (κ2) is 6.16. The lowest BCUT2D eigenvalue weighted by molar-refractivity contribution is 0.103. The van der Waals surface area contributed by atoms with Crippen molar-refractivity contribution in [2.75, 3.05) is 0 Å². The van der Waals surface area contributed by atoms with Crippen molar-refractivity contribution in [1.82, 2.24) is 9.97 Å². The van der Waals surface area contributed by atoms with Crippen molar-refractivity contribution >= 4 is 27.3 Å². The zero-order valence-electron chi connectivity index (χ0n) is 13.7. The van der Waals surface area contributed by atoms with Crippen molar-refractivity contribution in [2.24, 2.45) is 0 Å². The Morgan fingerprint density at radius 2 is 1.68 bits per heavy atom. The van der Waals surface area contributed by atoms with Gasteiger partial charge in [-0.15, -0.1) is 11.3 Å². The summed E-state index contributed by atoms with van der Waals surface area (Å²) in [5.41, 5.74) is 0.162. The summed E-state index contributed by atoms with van der Waals surface area (Å²) in [7, 11) is 0. The molecule has 0 saturated carbocycles. The van der Waals surface area contributed by atoms with E-state index in [-0.39, 0.29) is 11.2 Å². The molecule has 0 saturated heterocycles. The molecule has 22 heavy (non-hydrogen) atoms. The van der Waals surface area contributed by atoms with Gasteiger partial charge in [0, 0.05) is 20.9 Å². The molecule has 0 fully saturated rings. The molecule has 2 aromatic heterocycles. The second-order valence-electron chi connectivity index (χ2n) is 6.93. The van der Waals surface area contributed by atoms with E-state index < -0.39 is 0 Å². The molecule has 0 aliphatic heterocycles. The number of hydrogen-bond acceptors (Lipinski definition) is 5. The third-order valence-corrected chi connectivity index (χ3v) is 4.09. The summed E-state index contributed by atoms with van der Waals surface area (Å²) in [5.74, 6) is 0.538. The molecule has 2 rings (SSSR count). The van der Waals surface area contributed by atoms with Gasteiger partial charge in [0.2, 0.25) is 5.88 Å². The number of rotatable bonds is 3. The van der Waals surface area contributed by atoms with Crippen LogP contribution in [0.1, 0.15) is 41.5 Å². The van der Waals surface area contributed by atoms with Crippen LogP contribution < -0.4 is 9.47 Å². The highest BCUT2D eigenvalue weighted by Gasteiger charge is 2.21. The quantitative estimate of drug-likeness (QED) is 0.717. The number of ether oxygens (including phenoxy) is 2. The Balaban J connectivity index is 2.44. The highest BCUT2D eigenvalue weighted by Crippen LogP contribution is 2.36. The molecule has 0 aromatic carbocycles. The van der Waals surface area contributed by atoms with Gasteiger partial charge >= 0.3 is 6.01 Å². The van der Waals surface area contributed by atoms with Crippen LogP contribution in [0.4, 0.5) is 0 Å². The molecule has 0 N–H and O–H groups in total. The summed E-state index contributed by atoms with van der Waals surface area (Å²) >= 11 is 5.09.